The summed E-state index contributed by atoms with van der Waals surface area (Å²) in [5.74, 6) is 0.477. The monoisotopic (exact) mass is 415 g/mol. The molecule has 2 aromatic rings. The number of fused-ring (bicyclic) bond motifs is 1. The Balaban J connectivity index is 1.66. The molecular formula is C23H33N3O4. The van der Waals surface area contributed by atoms with Crippen LogP contribution in [-0.4, -0.2) is 59.0 Å². The van der Waals surface area contributed by atoms with Crippen molar-refractivity contribution >= 4 is 22.8 Å². The number of rotatable bonds is 7. The second-order valence-electron chi connectivity index (χ2n) is 9.12. The van der Waals surface area contributed by atoms with E-state index in [2.05, 4.69) is 0 Å². The van der Waals surface area contributed by atoms with Gasteiger partial charge in [0.1, 0.15) is 5.60 Å². The molecule has 1 aliphatic rings. The molecule has 1 saturated heterocycles. The van der Waals surface area contributed by atoms with E-state index in [-0.39, 0.29) is 11.9 Å². The van der Waals surface area contributed by atoms with E-state index < -0.39 is 5.60 Å². The number of methoxy groups -OCH3 is 1. The van der Waals surface area contributed by atoms with Crippen molar-refractivity contribution in [1.29, 1.82) is 0 Å². The van der Waals surface area contributed by atoms with Crippen LogP contribution in [0.5, 0.6) is 0 Å². The lowest BCUT2D eigenvalue weighted by Crippen LogP contribution is -2.35. The number of ether oxygens (including phenoxy) is 2. The predicted molar refractivity (Wildman–Crippen MR) is 116 cm³/mol. The zero-order valence-electron chi connectivity index (χ0n) is 18.7. The summed E-state index contributed by atoms with van der Waals surface area (Å²) in [6.45, 7) is 10.3. The Bertz CT molecular complexity index is 913. The molecule has 1 amide bonds. The molecule has 2 heterocycles. The molecular weight excluding hydrogens is 382 g/mol. The highest BCUT2D eigenvalue weighted by Gasteiger charge is 2.30. The molecule has 1 fully saturated rings. The molecule has 1 atom stereocenters. The number of amides is 1. The van der Waals surface area contributed by atoms with Crippen molar-refractivity contribution in [2.24, 2.45) is 5.92 Å². The van der Waals surface area contributed by atoms with Crippen LogP contribution in [0.25, 0.3) is 10.9 Å². The average Bonchev–Trinajstić information content (AvgIpc) is 3.28. The number of hydrogen-bond donors (Lipinski definition) is 0. The van der Waals surface area contributed by atoms with E-state index in [1.165, 1.54) is 0 Å². The Morgan fingerprint density at radius 3 is 2.73 bits per heavy atom. The van der Waals surface area contributed by atoms with Crippen molar-refractivity contribution in [1.82, 2.24) is 14.7 Å². The maximum absolute atomic E-state index is 12.5. The fraction of sp³-hybridized carbons (Fsp3) is 0.609. The van der Waals surface area contributed by atoms with E-state index in [1.807, 2.05) is 50.7 Å². The summed E-state index contributed by atoms with van der Waals surface area (Å²) in [5, 5.41) is 5.70. The number of hydrogen-bond acceptors (Lipinski definition) is 5. The highest BCUT2D eigenvalue weighted by Crippen LogP contribution is 2.25. The molecule has 0 saturated carbocycles. The summed E-state index contributed by atoms with van der Waals surface area (Å²) in [6.07, 6.45) is 3.91. The first-order chi connectivity index (χ1) is 14.2. The molecule has 0 N–H and O–H groups in total. The van der Waals surface area contributed by atoms with Crippen LogP contribution in [0.2, 0.25) is 0 Å². The van der Waals surface area contributed by atoms with Crippen LogP contribution in [0.1, 0.15) is 56.0 Å². The smallest absolute Gasteiger partial charge is 0.410 e. The Labute approximate surface area is 178 Å². The fourth-order valence-electron chi connectivity index (χ4n) is 3.93. The lowest BCUT2D eigenvalue weighted by atomic mass is 9.99. The Morgan fingerprint density at radius 2 is 2.03 bits per heavy atom. The Morgan fingerprint density at radius 1 is 1.27 bits per heavy atom. The molecule has 7 nitrogen and oxygen atoms in total. The van der Waals surface area contributed by atoms with Crippen LogP contribution in [-0.2, 0) is 16.0 Å². The first kappa shape index (κ1) is 22.3. The van der Waals surface area contributed by atoms with Gasteiger partial charge in [-0.2, -0.15) is 5.10 Å². The number of carbonyl (C=O) groups excluding carboxylic acids is 2. The minimum atomic E-state index is -0.481. The number of Topliss-reactive ketones (excluding diaryl/α,β-unsaturated/α-hetero) is 1. The molecule has 7 heteroatoms. The molecule has 0 spiro atoms. The summed E-state index contributed by atoms with van der Waals surface area (Å²) in [6, 6.07) is 3.80. The molecule has 164 valence electrons. The van der Waals surface area contributed by atoms with Crippen LogP contribution in [0.4, 0.5) is 4.79 Å². The summed E-state index contributed by atoms with van der Waals surface area (Å²) in [4.78, 5) is 26.6. The lowest BCUT2D eigenvalue weighted by molar-refractivity contribution is 0.0286. The average molecular weight is 416 g/mol. The van der Waals surface area contributed by atoms with Crippen molar-refractivity contribution in [3.63, 3.8) is 0 Å². The zero-order chi connectivity index (χ0) is 21.9. The third kappa shape index (κ3) is 5.39. The van der Waals surface area contributed by atoms with Crippen molar-refractivity contribution in [2.75, 3.05) is 26.8 Å². The van der Waals surface area contributed by atoms with Crippen LogP contribution in [0.3, 0.4) is 0 Å². The Hall–Kier alpha value is -2.41. The zero-order valence-corrected chi connectivity index (χ0v) is 18.7. The summed E-state index contributed by atoms with van der Waals surface area (Å²) >= 11 is 0. The highest BCUT2D eigenvalue weighted by molar-refractivity contribution is 6.01. The van der Waals surface area contributed by atoms with Crippen molar-refractivity contribution in [3.8, 4) is 0 Å². The van der Waals surface area contributed by atoms with Gasteiger partial charge < -0.3 is 14.4 Å². The largest absolute Gasteiger partial charge is 0.444 e. The van der Waals surface area contributed by atoms with E-state index in [0.717, 1.165) is 41.4 Å². The predicted octanol–water partition coefficient (Wildman–Crippen LogP) is 4.21. The van der Waals surface area contributed by atoms with Gasteiger partial charge in [-0.25, -0.2) is 4.79 Å². The SMILES string of the molecule is COCCCC(=O)c1ccc2nn(C[C@@H]3CCN(C(=O)OC(C)(C)C)C3)cc2c1C. The van der Waals surface area contributed by atoms with E-state index in [1.54, 1.807) is 12.0 Å². The molecule has 0 aliphatic carbocycles. The number of aryl methyl sites for hydroxylation is 1. The van der Waals surface area contributed by atoms with Crippen molar-refractivity contribution < 1.29 is 19.1 Å². The van der Waals surface area contributed by atoms with Gasteiger partial charge in [-0.15, -0.1) is 0 Å². The quantitative estimate of drug-likeness (QED) is 0.500. The number of likely N-dealkylation sites (tertiary alicyclic amines) is 1. The molecule has 1 aromatic carbocycles. The van der Waals surface area contributed by atoms with Crippen LogP contribution in [0, 0.1) is 12.8 Å². The van der Waals surface area contributed by atoms with Gasteiger partial charge in [0.2, 0.25) is 0 Å². The minimum Gasteiger partial charge on any atom is -0.444 e. The number of ketones is 1. The topological polar surface area (TPSA) is 73.7 Å². The molecule has 30 heavy (non-hydrogen) atoms. The molecule has 0 unspecified atom stereocenters. The molecule has 1 aliphatic heterocycles. The van der Waals surface area contributed by atoms with Crippen LogP contribution >= 0.6 is 0 Å². The fourth-order valence-corrected chi connectivity index (χ4v) is 3.93. The van der Waals surface area contributed by atoms with Crippen molar-refractivity contribution in [3.05, 3.63) is 29.5 Å². The van der Waals surface area contributed by atoms with E-state index >= 15 is 0 Å². The number of nitrogens with zero attached hydrogens (tertiary/aromatic N) is 3. The normalized spacial score (nSPS) is 17.0. The summed E-state index contributed by atoms with van der Waals surface area (Å²) < 4.78 is 12.5. The lowest BCUT2D eigenvalue weighted by Gasteiger charge is -2.24. The van der Waals surface area contributed by atoms with Gasteiger partial charge in [0.05, 0.1) is 5.52 Å². The van der Waals surface area contributed by atoms with Gasteiger partial charge in [-0.3, -0.25) is 9.48 Å². The van der Waals surface area contributed by atoms with Gasteiger partial charge in [0.15, 0.2) is 5.78 Å². The van der Waals surface area contributed by atoms with E-state index in [0.29, 0.717) is 32.0 Å². The minimum absolute atomic E-state index is 0.142. The standard InChI is InChI=1S/C23H33N3O4/c1-16-18(21(27)7-6-12-29-5)8-9-20-19(16)15-26(24-20)14-17-10-11-25(13-17)22(28)30-23(2,3)4/h8-9,15,17H,6-7,10-14H2,1-5H3/t17-/m1/s1. The molecule has 0 radical (unpaired) electrons. The summed E-state index contributed by atoms with van der Waals surface area (Å²) in [5.41, 5.74) is 2.14. The molecule has 0 bridgehead atoms. The number of carbonyl (C=O) groups is 2. The summed E-state index contributed by atoms with van der Waals surface area (Å²) in [7, 11) is 1.65. The van der Waals surface area contributed by atoms with Gasteiger partial charge in [-0.05, 0) is 64.2 Å². The second-order valence-corrected chi connectivity index (χ2v) is 9.12. The van der Waals surface area contributed by atoms with Gasteiger partial charge in [-0.1, -0.05) is 0 Å². The van der Waals surface area contributed by atoms with Crippen molar-refractivity contribution in [2.45, 2.75) is 59.1 Å². The third-order valence-corrected chi connectivity index (χ3v) is 5.44. The van der Waals surface area contributed by atoms with Crippen LogP contribution < -0.4 is 0 Å². The first-order valence-corrected chi connectivity index (χ1v) is 10.6. The van der Waals surface area contributed by atoms with Gasteiger partial charge in [0, 0.05) is 56.9 Å². The highest BCUT2D eigenvalue weighted by atomic mass is 16.6. The first-order valence-electron chi connectivity index (χ1n) is 10.6. The van der Waals surface area contributed by atoms with Gasteiger partial charge in [0.25, 0.3) is 0 Å². The second kappa shape index (κ2) is 9.16. The van der Waals surface area contributed by atoms with Crippen LogP contribution in [0.15, 0.2) is 18.3 Å². The number of benzene rings is 1. The number of aromatic nitrogens is 2. The maximum Gasteiger partial charge on any atom is 0.410 e. The third-order valence-electron chi connectivity index (χ3n) is 5.44. The molecule has 3 rings (SSSR count). The maximum atomic E-state index is 12.5. The van der Waals surface area contributed by atoms with E-state index in [4.69, 9.17) is 14.6 Å². The van der Waals surface area contributed by atoms with Gasteiger partial charge >= 0.3 is 6.09 Å². The molecule has 1 aromatic heterocycles. The Kier molecular flexibility index (Phi) is 6.81. The van der Waals surface area contributed by atoms with E-state index in [9.17, 15) is 9.59 Å².